The number of imidazole rings is 1. The predicted molar refractivity (Wildman–Crippen MR) is 81.0 cm³/mol. The van der Waals surface area contributed by atoms with Gasteiger partial charge in [0.15, 0.2) is 0 Å². The molecule has 0 radical (unpaired) electrons. The number of pyridine rings is 1. The van der Waals surface area contributed by atoms with Crippen molar-refractivity contribution >= 4 is 21.6 Å². The molecule has 1 aromatic carbocycles. The molecule has 0 aliphatic heterocycles. The van der Waals surface area contributed by atoms with E-state index < -0.39 is 0 Å². The highest BCUT2D eigenvalue weighted by molar-refractivity contribution is 9.10. The van der Waals surface area contributed by atoms with Crippen molar-refractivity contribution in [3.63, 3.8) is 0 Å². The maximum atomic E-state index is 5.67. The van der Waals surface area contributed by atoms with E-state index in [1.807, 2.05) is 30.5 Å². The zero-order valence-corrected chi connectivity index (χ0v) is 12.2. The zero-order chi connectivity index (χ0) is 13.4. The van der Waals surface area contributed by atoms with Crippen LogP contribution in [0.2, 0.25) is 0 Å². The minimum atomic E-state index is 0.538. The summed E-state index contributed by atoms with van der Waals surface area (Å²) in [6, 6.07) is 12.3. The smallest absolute Gasteiger partial charge is 0.137 e. The van der Waals surface area contributed by atoms with Crippen molar-refractivity contribution in [2.24, 2.45) is 5.73 Å². The molecule has 96 valence electrons. The van der Waals surface area contributed by atoms with Gasteiger partial charge in [-0.15, -0.1) is 0 Å². The van der Waals surface area contributed by atoms with Crippen molar-refractivity contribution in [2.45, 2.75) is 13.5 Å². The molecule has 0 amide bonds. The van der Waals surface area contributed by atoms with E-state index in [1.165, 1.54) is 0 Å². The number of hydrogen-bond donors (Lipinski definition) is 1. The van der Waals surface area contributed by atoms with E-state index >= 15 is 0 Å². The van der Waals surface area contributed by atoms with E-state index in [1.54, 1.807) is 0 Å². The third-order valence-electron chi connectivity index (χ3n) is 3.28. The summed E-state index contributed by atoms with van der Waals surface area (Å²) in [5.74, 6) is 0. The minimum Gasteiger partial charge on any atom is -0.326 e. The topological polar surface area (TPSA) is 43.3 Å². The third-order valence-corrected chi connectivity index (χ3v) is 3.81. The highest BCUT2D eigenvalue weighted by Gasteiger charge is 2.10. The molecule has 0 saturated heterocycles. The van der Waals surface area contributed by atoms with E-state index in [0.717, 1.165) is 32.6 Å². The van der Waals surface area contributed by atoms with Gasteiger partial charge in [0.25, 0.3) is 0 Å². The van der Waals surface area contributed by atoms with Crippen LogP contribution in [-0.4, -0.2) is 9.38 Å². The van der Waals surface area contributed by atoms with Gasteiger partial charge in [0.05, 0.1) is 5.69 Å². The molecule has 3 aromatic rings. The van der Waals surface area contributed by atoms with Crippen LogP contribution in [-0.2, 0) is 6.54 Å². The number of aromatic nitrogens is 2. The van der Waals surface area contributed by atoms with Crippen molar-refractivity contribution in [2.75, 3.05) is 0 Å². The number of nitrogens with two attached hydrogens (primary N) is 1. The number of benzene rings is 1. The summed E-state index contributed by atoms with van der Waals surface area (Å²) in [6.45, 7) is 2.62. The standard InChI is InChI=1S/C15H14BrN3/c1-10-15(12-2-4-13(16)5-3-12)18-14-8-11(9-17)6-7-19(10)14/h2-8H,9,17H2,1H3. The monoisotopic (exact) mass is 315 g/mol. The van der Waals surface area contributed by atoms with Crippen LogP contribution < -0.4 is 5.73 Å². The third kappa shape index (κ3) is 2.17. The van der Waals surface area contributed by atoms with Gasteiger partial charge in [-0.2, -0.15) is 0 Å². The van der Waals surface area contributed by atoms with Crippen molar-refractivity contribution in [3.8, 4) is 11.3 Å². The van der Waals surface area contributed by atoms with E-state index in [9.17, 15) is 0 Å². The van der Waals surface area contributed by atoms with Crippen molar-refractivity contribution in [3.05, 3.63) is 58.3 Å². The Kier molecular flexibility index (Phi) is 3.12. The molecular formula is C15H14BrN3. The van der Waals surface area contributed by atoms with Gasteiger partial charge < -0.3 is 10.1 Å². The largest absolute Gasteiger partial charge is 0.326 e. The molecule has 0 bridgehead atoms. The lowest BCUT2D eigenvalue weighted by Crippen LogP contribution is -1.97. The number of nitrogens with zero attached hydrogens (tertiary/aromatic N) is 2. The normalized spacial score (nSPS) is 11.1. The molecule has 0 aliphatic rings. The van der Waals surface area contributed by atoms with E-state index in [-0.39, 0.29) is 0 Å². The highest BCUT2D eigenvalue weighted by atomic mass is 79.9. The Bertz CT molecular complexity index is 729. The first kappa shape index (κ1) is 12.4. The van der Waals surface area contributed by atoms with Gasteiger partial charge >= 0.3 is 0 Å². The first-order valence-corrected chi connectivity index (χ1v) is 6.92. The lowest BCUT2D eigenvalue weighted by molar-refractivity contribution is 1.04. The first-order valence-electron chi connectivity index (χ1n) is 6.12. The van der Waals surface area contributed by atoms with Gasteiger partial charge in [-0.3, -0.25) is 0 Å². The molecule has 0 fully saturated rings. The Morgan fingerprint density at radius 3 is 2.63 bits per heavy atom. The van der Waals surface area contributed by atoms with E-state index in [4.69, 9.17) is 10.7 Å². The summed E-state index contributed by atoms with van der Waals surface area (Å²) in [5, 5.41) is 0. The lowest BCUT2D eigenvalue weighted by atomic mass is 10.1. The Labute approximate surface area is 120 Å². The van der Waals surface area contributed by atoms with E-state index in [2.05, 4.69) is 39.4 Å². The maximum absolute atomic E-state index is 5.67. The maximum Gasteiger partial charge on any atom is 0.137 e. The Hall–Kier alpha value is -1.65. The number of fused-ring (bicyclic) bond motifs is 1. The lowest BCUT2D eigenvalue weighted by Gasteiger charge is -2.00. The number of rotatable bonds is 2. The summed E-state index contributed by atoms with van der Waals surface area (Å²) in [6.07, 6.45) is 2.03. The molecule has 0 aliphatic carbocycles. The summed E-state index contributed by atoms with van der Waals surface area (Å²) in [5.41, 5.74) is 11.0. The molecule has 2 aromatic heterocycles. The second-order valence-electron chi connectivity index (χ2n) is 4.52. The molecular weight excluding hydrogens is 302 g/mol. The van der Waals surface area contributed by atoms with E-state index in [0.29, 0.717) is 6.54 Å². The first-order chi connectivity index (χ1) is 9.19. The average Bonchev–Trinajstić information content (AvgIpc) is 2.76. The van der Waals surface area contributed by atoms with Crippen LogP contribution in [0.15, 0.2) is 47.1 Å². The van der Waals surface area contributed by atoms with Crippen LogP contribution in [0.4, 0.5) is 0 Å². The quantitative estimate of drug-likeness (QED) is 0.786. The van der Waals surface area contributed by atoms with Gasteiger partial charge in [0.2, 0.25) is 0 Å². The SMILES string of the molecule is Cc1c(-c2ccc(Br)cc2)nc2cc(CN)ccn12. The second kappa shape index (κ2) is 4.79. The molecule has 0 saturated carbocycles. The van der Waals surface area contributed by atoms with Gasteiger partial charge in [-0.1, -0.05) is 28.1 Å². The highest BCUT2D eigenvalue weighted by Crippen LogP contribution is 2.25. The Morgan fingerprint density at radius 2 is 1.95 bits per heavy atom. The summed E-state index contributed by atoms with van der Waals surface area (Å²) < 4.78 is 3.17. The number of halogens is 1. The molecule has 2 heterocycles. The molecule has 3 rings (SSSR count). The van der Waals surface area contributed by atoms with Crippen molar-refractivity contribution in [1.82, 2.24) is 9.38 Å². The van der Waals surface area contributed by atoms with Crippen LogP contribution in [0.1, 0.15) is 11.3 Å². The Balaban J connectivity index is 2.19. The molecule has 0 spiro atoms. The average molecular weight is 316 g/mol. The molecule has 2 N–H and O–H groups in total. The molecule has 3 nitrogen and oxygen atoms in total. The van der Waals surface area contributed by atoms with Crippen LogP contribution in [0, 0.1) is 6.92 Å². The van der Waals surface area contributed by atoms with Gasteiger partial charge in [-0.25, -0.2) is 4.98 Å². The zero-order valence-electron chi connectivity index (χ0n) is 10.6. The van der Waals surface area contributed by atoms with Crippen LogP contribution >= 0.6 is 15.9 Å². The molecule has 0 atom stereocenters. The fraction of sp³-hybridized carbons (Fsp3) is 0.133. The summed E-state index contributed by atoms with van der Waals surface area (Å²) >= 11 is 3.45. The van der Waals surface area contributed by atoms with Crippen molar-refractivity contribution < 1.29 is 0 Å². The minimum absolute atomic E-state index is 0.538. The van der Waals surface area contributed by atoms with Crippen LogP contribution in [0.25, 0.3) is 16.9 Å². The molecule has 19 heavy (non-hydrogen) atoms. The summed E-state index contributed by atoms with van der Waals surface area (Å²) in [4.78, 5) is 4.71. The van der Waals surface area contributed by atoms with Crippen LogP contribution in [0.3, 0.4) is 0 Å². The molecule has 0 unspecified atom stereocenters. The summed E-state index contributed by atoms with van der Waals surface area (Å²) in [7, 11) is 0. The van der Waals surface area contributed by atoms with Crippen LogP contribution in [0.5, 0.6) is 0 Å². The Morgan fingerprint density at radius 1 is 1.21 bits per heavy atom. The fourth-order valence-corrected chi connectivity index (χ4v) is 2.48. The van der Waals surface area contributed by atoms with Gasteiger partial charge in [-0.05, 0) is 36.8 Å². The fourth-order valence-electron chi connectivity index (χ4n) is 2.22. The second-order valence-corrected chi connectivity index (χ2v) is 5.44. The predicted octanol–water partition coefficient (Wildman–Crippen LogP) is 3.53. The number of aryl methyl sites for hydroxylation is 1. The van der Waals surface area contributed by atoms with Gasteiger partial charge in [0.1, 0.15) is 5.65 Å². The number of hydrogen-bond acceptors (Lipinski definition) is 2. The van der Waals surface area contributed by atoms with Gasteiger partial charge in [0, 0.05) is 28.5 Å². The van der Waals surface area contributed by atoms with Crippen molar-refractivity contribution in [1.29, 1.82) is 0 Å². The molecule has 4 heteroatoms.